The summed E-state index contributed by atoms with van der Waals surface area (Å²) in [7, 11) is 0. The van der Waals surface area contributed by atoms with E-state index >= 15 is 0 Å². The van der Waals surface area contributed by atoms with Crippen molar-refractivity contribution in [1.29, 1.82) is 0 Å². The molecule has 0 heterocycles. The van der Waals surface area contributed by atoms with E-state index in [1.165, 1.54) is 12.1 Å². The molecule has 0 aliphatic heterocycles. The molecule has 1 saturated carbocycles. The number of carbonyl (C=O) groups is 2. The highest BCUT2D eigenvalue weighted by molar-refractivity contribution is 5.92. The van der Waals surface area contributed by atoms with Crippen LogP contribution in [0.2, 0.25) is 0 Å². The third-order valence-corrected chi connectivity index (χ3v) is 4.51. The molecule has 1 aliphatic rings. The van der Waals surface area contributed by atoms with Gasteiger partial charge in [0.25, 0.3) is 0 Å². The van der Waals surface area contributed by atoms with Crippen molar-refractivity contribution in [2.75, 3.05) is 4.90 Å². The number of carbonyl (C=O) groups excluding carboxylic acids is 2. The molecule has 2 aromatic rings. The van der Waals surface area contributed by atoms with Crippen LogP contribution in [-0.2, 0) is 17.8 Å². The maximum atomic E-state index is 13.3. The molecule has 0 unspecified atom stereocenters. The van der Waals surface area contributed by atoms with Gasteiger partial charge < -0.3 is 10.6 Å². The Labute approximate surface area is 171 Å². The lowest BCUT2D eigenvalue weighted by Crippen LogP contribution is -2.48. The monoisotopic (exact) mass is 397 g/mol. The predicted molar refractivity (Wildman–Crippen MR) is 112 cm³/mol. The highest BCUT2D eigenvalue weighted by Gasteiger charge is 2.24. The number of halogens is 1. The summed E-state index contributed by atoms with van der Waals surface area (Å²) < 4.78 is 13.3. The number of hydrogen-bond donors (Lipinski definition) is 2. The molecule has 2 N–H and O–H groups in total. The molecule has 2 aromatic carbocycles. The van der Waals surface area contributed by atoms with Crippen molar-refractivity contribution in [3.05, 3.63) is 65.5 Å². The summed E-state index contributed by atoms with van der Waals surface area (Å²) in [6.45, 7) is 6.04. The highest BCUT2D eigenvalue weighted by Crippen LogP contribution is 2.22. The van der Waals surface area contributed by atoms with Gasteiger partial charge in [-0.2, -0.15) is 0 Å². The molecule has 0 saturated heterocycles. The van der Waals surface area contributed by atoms with Gasteiger partial charge in [0.2, 0.25) is 5.91 Å². The number of rotatable bonds is 6. The minimum atomic E-state index is -0.403. The molecule has 3 rings (SSSR count). The van der Waals surface area contributed by atoms with E-state index in [4.69, 9.17) is 0 Å². The van der Waals surface area contributed by atoms with Crippen LogP contribution in [0.3, 0.4) is 0 Å². The van der Waals surface area contributed by atoms with Gasteiger partial charge >= 0.3 is 6.03 Å². The third-order valence-electron chi connectivity index (χ3n) is 4.51. The Bertz CT molecular complexity index is 870. The van der Waals surface area contributed by atoms with E-state index in [1.807, 2.05) is 45.0 Å². The molecule has 3 amide bonds. The average Bonchev–Trinajstić information content (AvgIpc) is 3.43. The zero-order valence-corrected chi connectivity index (χ0v) is 17.2. The van der Waals surface area contributed by atoms with Crippen LogP contribution in [0.1, 0.15) is 44.7 Å². The quantitative estimate of drug-likeness (QED) is 0.769. The van der Waals surface area contributed by atoms with Crippen LogP contribution < -0.4 is 15.5 Å². The average molecular weight is 397 g/mol. The molecule has 0 aromatic heterocycles. The van der Waals surface area contributed by atoms with Crippen molar-refractivity contribution >= 4 is 17.6 Å². The van der Waals surface area contributed by atoms with Gasteiger partial charge in [-0.3, -0.25) is 9.69 Å². The number of nitrogens with zero attached hydrogens (tertiary/aromatic N) is 1. The van der Waals surface area contributed by atoms with Crippen molar-refractivity contribution in [1.82, 2.24) is 10.6 Å². The second kappa shape index (κ2) is 8.64. The molecule has 0 atom stereocenters. The Hall–Kier alpha value is -2.89. The summed E-state index contributed by atoms with van der Waals surface area (Å²) in [5, 5.41) is 5.96. The normalized spacial score (nSPS) is 13.7. The highest BCUT2D eigenvalue weighted by atomic mass is 19.1. The van der Waals surface area contributed by atoms with E-state index in [1.54, 1.807) is 17.0 Å². The third kappa shape index (κ3) is 6.59. The minimum Gasteiger partial charge on any atom is -0.353 e. The number of benzene rings is 2. The first-order valence-corrected chi connectivity index (χ1v) is 9.92. The van der Waals surface area contributed by atoms with E-state index in [2.05, 4.69) is 10.6 Å². The maximum absolute atomic E-state index is 13.3. The summed E-state index contributed by atoms with van der Waals surface area (Å²) in [6.07, 6.45) is 2.37. The van der Waals surface area contributed by atoms with Gasteiger partial charge in [-0.15, -0.1) is 0 Å². The lowest BCUT2D eigenvalue weighted by atomic mass is 10.1. The van der Waals surface area contributed by atoms with Crippen LogP contribution in [0.4, 0.5) is 14.9 Å². The van der Waals surface area contributed by atoms with E-state index in [0.29, 0.717) is 18.3 Å². The van der Waals surface area contributed by atoms with E-state index < -0.39 is 5.54 Å². The van der Waals surface area contributed by atoms with E-state index in [-0.39, 0.29) is 24.2 Å². The van der Waals surface area contributed by atoms with Crippen molar-refractivity contribution in [2.24, 2.45) is 0 Å². The molecule has 0 spiro atoms. The van der Waals surface area contributed by atoms with Crippen molar-refractivity contribution in [2.45, 2.75) is 58.2 Å². The minimum absolute atomic E-state index is 0.00567. The van der Waals surface area contributed by atoms with Crippen molar-refractivity contribution < 1.29 is 14.0 Å². The predicted octanol–water partition coefficient (Wildman–Crippen LogP) is 4.16. The summed E-state index contributed by atoms with van der Waals surface area (Å²) in [4.78, 5) is 26.7. The molecule has 6 heteroatoms. The molecule has 5 nitrogen and oxygen atoms in total. The topological polar surface area (TPSA) is 61.4 Å². The van der Waals surface area contributed by atoms with Crippen LogP contribution >= 0.6 is 0 Å². The fourth-order valence-corrected chi connectivity index (χ4v) is 2.97. The molecule has 1 aliphatic carbocycles. The Balaban J connectivity index is 1.81. The fourth-order valence-electron chi connectivity index (χ4n) is 2.97. The lowest BCUT2D eigenvalue weighted by molar-refractivity contribution is -0.120. The first-order chi connectivity index (χ1) is 13.7. The SMILES string of the molecule is CC(C)(C)NC(=O)N(Cc1ccc(F)cc1)c1cccc(CC(=O)NC2CC2)c1. The van der Waals surface area contributed by atoms with Crippen LogP contribution in [0.5, 0.6) is 0 Å². The number of urea groups is 1. The standard InChI is InChI=1S/C23H28FN3O2/c1-23(2,3)26-22(29)27(15-16-7-9-18(24)10-8-16)20-6-4-5-17(13-20)14-21(28)25-19-11-12-19/h4-10,13,19H,11-12,14-15H2,1-3H3,(H,25,28)(H,26,29). The number of amides is 3. The van der Waals surface area contributed by atoms with E-state index in [0.717, 1.165) is 24.0 Å². The van der Waals surface area contributed by atoms with E-state index in [9.17, 15) is 14.0 Å². The van der Waals surface area contributed by atoms with Crippen LogP contribution in [-0.4, -0.2) is 23.5 Å². The Morgan fingerprint density at radius 3 is 2.38 bits per heavy atom. The molecule has 0 radical (unpaired) electrons. The van der Waals surface area contributed by atoms with Gasteiger partial charge in [0.05, 0.1) is 13.0 Å². The van der Waals surface area contributed by atoms with Crippen molar-refractivity contribution in [3.8, 4) is 0 Å². The second-order valence-electron chi connectivity index (χ2n) is 8.58. The lowest BCUT2D eigenvalue weighted by Gasteiger charge is -2.29. The Morgan fingerprint density at radius 1 is 1.07 bits per heavy atom. The molecule has 154 valence electrons. The largest absolute Gasteiger partial charge is 0.353 e. The Kier molecular flexibility index (Phi) is 6.20. The molecule has 0 bridgehead atoms. The van der Waals surface area contributed by atoms with Crippen LogP contribution in [0.15, 0.2) is 48.5 Å². The zero-order chi connectivity index (χ0) is 21.0. The number of nitrogens with one attached hydrogen (secondary N) is 2. The van der Waals surface area contributed by atoms with Gasteiger partial charge in [-0.1, -0.05) is 24.3 Å². The van der Waals surface area contributed by atoms with Gasteiger partial charge in [0, 0.05) is 17.3 Å². The smallest absolute Gasteiger partial charge is 0.322 e. The second-order valence-corrected chi connectivity index (χ2v) is 8.58. The zero-order valence-electron chi connectivity index (χ0n) is 17.2. The number of anilines is 1. The maximum Gasteiger partial charge on any atom is 0.322 e. The Morgan fingerprint density at radius 2 is 1.76 bits per heavy atom. The van der Waals surface area contributed by atoms with Gasteiger partial charge in [-0.05, 0) is 69.0 Å². The molecular weight excluding hydrogens is 369 g/mol. The summed E-state index contributed by atoms with van der Waals surface area (Å²) >= 11 is 0. The number of hydrogen-bond acceptors (Lipinski definition) is 2. The first-order valence-electron chi connectivity index (χ1n) is 9.92. The summed E-state index contributed by atoms with van der Waals surface area (Å²) in [5.74, 6) is -0.322. The van der Waals surface area contributed by atoms with Crippen molar-refractivity contribution in [3.63, 3.8) is 0 Å². The van der Waals surface area contributed by atoms with Gasteiger partial charge in [-0.25, -0.2) is 9.18 Å². The fraction of sp³-hybridized carbons (Fsp3) is 0.391. The summed E-state index contributed by atoms with van der Waals surface area (Å²) in [5.41, 5.74) is 1.94. The van der Waals surface area contributed by atoms with Gasteiger partial charge in [0.15, 0.2) is 0 Å². The van der Waals surface area contributed by atoms with Gasteiger partial charge in [0.1, 0.15) is 5.82 Å². The van der Waals surface area contributed by atoms with Crippen LogP contribution in [0, 0.1) is 5.82 Å². The molecular formula is C23H28FN3O2. The molecule has 1 fully saturated rings. The molecule has 29 heavy (non-hydrogen) atoms. The first kappa shape index (κ1) is 20.8. The summed E-state index contributed by atoms with van der Waals surface area (Å²) in [6, 6.07) is 13.6. The van der Waals surface area contributed by atoms with Crippen LogP contribution in [0.25, 0.3) is 0 Å².